The SMILES string of the molecule is CCN(C(=O)C(=O)NCC1COc2ccccc2O1)C1CCS(=O)(=O)C1. The fourth-order valence-corrected chi connectivity index (χ4v) is 4.90. The Labute approximate surface area is 152 Å². The molecule has 0 radical (unpaired) electrons. The zero-order chi connectivity index (χ0) is 18.7. The van der Waals surface area contributed by atoms with Crippen molar-refractivity contribution in [3.8, 4) is 11.5 Å². The molecule has 2 atom stereocenters. The molecule has 1 aromatic rings. The molecule has 9 heteroatoms. The van der Waals surface area contributed by atoms with Crippen LogP contribution in [0, 0.1) is 0 Å². The Morgan fingerprint density at radius 1 is 1.27 bits per heavy atom. The van der Waals surface area contributed by atoms with Gasteiger partial charge in [-0.15, -0.1) is 0 Å². The van der Waals surface area contributed by atoms with Gasteiger partial charge in [0.1, 0.15) is 12.7 Å². The van der Waals surface area contributed by atoms with E-state index in [1.165, 1.54) is 4.90 Å². The van der Waals surface area contributed by atoms with Crippen molar-refractivity contribution in [2.75, 3.05) is 31.2 Å². The van der Waals surface area contributed by atoms with Crippen molar-refractivity contribution in [3.63, 3.8) is 0 Å². The van der Waals surface area contributed by atoms with Crippen LogP contribution in [0.5, 0.6) is 11.5 Å². The average molecular weight is 382 g/mol. The third kappa shape index (κ3) is 4.09. The lowest BCUT2D eigenvalue weighted by atomic mass is 10.2. The average Bonchev–Trinajstić information content (AvgIpc) is 2.99. The molecule has 0 aromatic heterocycles. The van der Waals surface area contributed by atoms with Gasteiger partial charge in [-0.2, -0.15) is 0 Å². The first-order chi connectivity index (χ1) is 12.4. The summed E-state index contributed by atoms with van der Waals surface area (Å²) in [5.41, 5.74) is 0. The summed E-state index contributed by atoms with van der Waals surface area (Å²) in [7, 11) is -3.13. The molecule has 2 unspecified atom stereocenters. The Morgan fingerprint density at radius 3 is 2.65 bits per heavy atom. The zero-order valence-electron chi connectivity index (χ0n) is 14.5. The largest absolute Gasteiger partial charge is 0.486 e. The number of nitrogens with zero attached hydrogens (tertiary/aromatic N) is 1. The van der Waals surface area contributed by atoms with E-state index in [-0.39, 0.29) is 31.2 Å². The minimum Gasteiger partial charge on any atom is -0.486 e. The number of hydrogen-bond donors (Lipinski definition) is 1. The van der Waals surface area contributed by atoms with Gasteiger partial charge >= 0.3 is 11.8 Å². The summed E-state index contributed by atoms with van der Waals surface area (Å²) in [6.07, 6.45) is -0.0328. The summed E-state index contributed by atoms with van der Waals surface area (Å²) in [6.45, 7) is 2.40. The third-order valence-electron chi connectivity index (χ3n) is 4.50. The quantitative estimate of drug-likeness (QED) is 0.735. The Morgan fingerprint density at radius 2 is 2.00 bits per heavy atom. The van der Waals surface area contributed by atoms with Gasteiger partial charge in [-0.05, 0) is 25.5 Å². The number of nitrogens with one attached hydrogen (secondary N) is 1. The van der Waals surface area contributed by atoms with E-state index in [1.54, 1.807) is 19.1 Å². The number of fused-ring (bicyclic) bond motifs is 1. The number of sulfone groups is 1. The number of hydrogen-bond acceptors (Lipinski definition) is 6. The Hall–Kier alpha value is -2.29. The van der Waals surface area contributed by atoms with E-state index in [9.17, 15) is 18.0 Å². The van der Waals surface area contributed by atoms with Gasteiger partial charge in [-0.3, -0.25) is 9.59 Å². The molecule has 26 heavy (non-hydrogen) atoms. The molecule has 1 aromatic carbocycles. The number of likely N-dealkylation sites (N-methyl/N-ethyl adjacent to an activating group) is 1. The van der Waals surface area contributed by atoms with Crippen LogP contribution in [0.25, 0.3) is 0 Å². The lowest BCUT2D eigenvalue weighted by Crippen LogP contribution is -2.50. The van der Waals surface area contributed by atoms with E-state index in [0.29, 0.717) is 17.9 Å². The molecule has 2 amide bonds. The predicted octanol–water partition coefficient (Wildman–Crippen LogP) is -0.0218. The van der Waals surface area contributed by atoms with E-state index in [0.717, 1.165) is 0 Å². The second kappa shape index (κ2) is 7.53. The van der Waals surface area contributed by atoms with Crippen molar-refractivity contribution < 1.29 is 27.5 Å². The van der Waals surface area contributed by atoms with Crippen LogP contribution in [-0.2, 0) is 19.4 Å². The van der Waals surface area contributed by atoms with Crippen LogP contribution in [0.4, 0.5) is 0 Å². The van der Waals surface area contributed by atoms with Gasteiger partial charge in [0.05, 0.1) is 18.1 Å². The van der Waals surface area contributed by atoms with Gasteiger partial charge in [-0.25, -0.2) is 8.42 Å². The standard InChI is InChI=1S/C17H22N2O6S/c1-2-19(12-7-8-26(22,23)11-12)17(21)16(20)18-9-13-10-24-14-5-3-4-6-15(14)25-13/h3-6,12-13H,2,7-11H2,1H3,(H,18,20). The highest BCUT2D eigenvalue weighted by Crippen LogP contribution is 2.30. The van der Waals surface area contributed by atoms with Crippen LogP contribution >= 0.6 is 0 Å². The minimum absolute atomic E-state index is 0.0513. The van der Waals surface area contributed by atoms with Crippen LogP contribution in [0.1, 0.15) is 13.3 Å². The van der Waals surface area contributed by atoms with Crippen LogP contribution in [0.2, 0.25) is 0 Å². The summed E-state index contributed by atoms with van der Waals surface area (Å²) in [5, 5.41) is 2.56. The number of carbonyl (C=O) groups excluding carboxylic acids is 2. The van der Waals surface area contributed by atoms with Gasteiger partial charge in [-0.1, -0.05) is 12.1 Å². The number of ether oxygens (including phenoxy) is 2. The molecule has 3 rings (SSSR count). The van der Waals surface area contributed by atoms with Crippen LogP contribution in [0.15, 0.2) is 24.3 Å². The molecular weight excluding hydrogens is 360 g/mol. The first kappa shape index (κ1) is 18.5. The highest BCUT2D eigenvalue weighted by molar-refractivity contribution is 7.91. The maximum Gasteiger partial charge on any atom is 0.312 e. The second-order valence-corrected chi connectivity index (χ2v) is 8.58. The second-order valence-electron chi connectivity index (χ2n) is 6.36. The summed E-state index contributed by atoms with van der Waals surface area (Å²) in [5.74, 6) is -0.280. The maximum atomic E-state index is 12.4. The first-order valence-corrected chi connectivity index (χ1v) is 10.4. The van der Waals surface area contributed by atoms with Gasteiger partial charge < -0.3 is 19.7 Å². The molecule has 0 spiro atoms. The van der Waals surface area contributed by atoms with Crippen molar-refractivity contribution >= 4 is 21.7 Å². The molecule has 142 valence electrons. The smallest absolute Gasteiger partial charge is 0.312 e. The Kier molecular flexibility index (Phi) is 5.36. The Bertz CT molecular complexity index is 794. The molecule has 8 nitrogen and oxygen atoms in total. The van der Waals surface area contributed by atoms with E-state index in [1.807, 2.05) is 12.1 Å². The number of amides is 2. The monoisotopic (exact) mass is 382 g/mol. The molecule has 0 saturated carbocycles. The fourth-order valence-electron chi connectivity index (χ4n) is 3.17. The minimum atomic E-state index is -3.13. The number of rotatable bonds is 4. The third-order valence-corrected chi connectivity index (χ3v) is 6.25. The van der Waals surface area contributed by atoms with Crippen molar-refractivity contribution in [2.24, 2.45) is 0 Å². The summed E-state index contributed by atoms with van der Waals surface area (Å²) in [4.78, 5) is 25.9. The van der Waals surface area contributed by atoms with Crippen LogP contribution < -0.4 is 14.8 Å². The lowest BCUT2D eigenvalue weighted by molar-refractivity contribution is -0.147. The van der Waals surface area contributed by atoms with E-state index in [2.05, 4.69) is 5.32 Å². The highest BCUT2D eigenvalue weighted by Gasteiger charge is 2.36. The van der Waals surface area contributed by atoms with Gasteiger partial charge in [0.15, 0.2) is 21.3 Å². The molecule has 0 bridgehead atoms. The Balaban J connectivity index is 1.54. The molecule has 1 fully saturated rings. The predicted molar refractivity (Wildman–Crippen MR) is 93.8 cm³/mol. The summed E-state index contributed by atoms with van der Waals surface area (Å²) >= 11 is 0. The molecule has 2 aliphatic heterocycles. The summed E-state index contributed by atoms with van der Waals surface area (Å²) < 4.78 is 34.5. The van der Waals surface area contributed by atoms with E-state index >= 15 is 0 Å². The molecule has 2 aliphatic rings. The van der Waals surface area contributed by atoms with Crippen molar-refractivity contribution in [1.29, 1.82) is 0 Å². The topological polar surface area (TPSA) is 102 Å². The summed E-state index contributed by atoms with van der Waals surface area (Å²) in [6, 6.07) is 6.79. The molecule has 2 heterocycles. The maximum absolute atomic E-state index is 12.4. The highest BCUT2D eigenvalue weighted by atomic mass is 32.2. The van der Waals surface area contributed by atoms with Gasteiger partial charge in [0.2, 0.25) is 0 Å². The van der Waals surface area contributed by atoms with E-state index < -0.39 is 33.8 Å². The lowest BCUT2D eigenvalue weighted by Gasteiger charge is -2.28. The van der Waals surface area contributed by atoms with E-state index in [4.69, 9.17) is 9.47 Å². The number of carbonyl (C=O) groups is 2. The van der Waals surface area contributed by atoms with Crippen LogP contribution in [0.3, 0.4) is 0 Å². The van der Waals surface area contributed by atoms with Crippen molar-refractivity contribution in [3.05, 3.63) is 24.3 Å². The molecule has 0 aliphatic carbocycles. The van der Waals surface area contributed by atoms with Gasteiger partial charge in [0.25, 0.3) is 0 Å². The van der Waals surface area contributed by atoms with Gasteiger partial charge in [0, 0.05) is 12.6 Å². The normalized spacial score (nSPS) is 23.3. The molecule has 1 N–H and O–H groups in total. The molecule has 1 saturated heterocycles. The number of para-hydroxylation sites is 2. The van der Waals surface area contributed by atoms with Crippen molar-refractivity contribution in [2.45, 2.75) is 25.5 Å². The fraction of sp³-hybridized carbons (Fsp3) is 0.529. The number of benzene rings is 1. The first-order valence-electron chi connectivity index (χ1n) is 8.57. The van der Waals surface area contributed by atoms with Crippen molar-refractivity contribution in [1.82, 2.24) is 10.2 Å². The van der Waals surface area contributed by atoms with Crippen LogP contribution in [-0.4, -0.2) is 68.5 Å². The molecular formula is C17H22N2O6S. The zero-order valence-corrected chi connectivity index (χ0v) is 15.3.